The number of nitro benzene ring substituents is 1. The monoisotopic (exact) mass is 433 g/mol. The van der Waals surface area contributed by atoms with Crippen molar-refractivity contribution in [1.29, 1.82) is 0 Å². The number of nitrogens with one attached hydrogen (secondary N) is 2. The Morgan fingerprint density at radius 3 is 2.53 bits per heavy atom. The number of benzene rings is 2. The topological polar surface area (TPSA) is 114 Å². The average molecular weight is 433 g/mol. The Balaban J connectivity index is 1.88. The van der Waals surface area contributed by atoms with Crippen molar-refractivity contribution in [3.05, 3.63) is 93.4 Å². The van der Waals surface area contributed by atoms with E-state index >= 15 is 0 Å². The summed E-state index contributed by atoms with van der Waals surface area (Å²) in [7, 11) is 0. The fraction of sp³-hybridized carbons (Fsp3) is 0.167. The third kappa shape index (κ3) is 5.69. The number of rotatable bonds is 8. The molecule has 2 amide bonds. The van der Waals surface area contributed by atoms with Gasteiger partial charge in [0.1, 0.15) is 17.2 Å². The van der Waals surface area contributed by atoms with Crippen molar-refractivity contribution in [2.75, 3.05) is 6.54 Å². The Hall–Kier alpha value is -4.20. The summed E-state index contributed by atoms with van der Waals surface area (Å²) >= 11 is 0. The number of nitro groups is 1. The summed E-state index contributed by atoms with van der Waals surface area (Å²) in [6, 6.07) is 16.3. The third-order valence-corrected chi connectivity index (χ3v) is 4.60. The van der Waals surface area contributed by atoms with Gasteiger partial charge in [-0.25, -0.2) is 0 Å². The van der Waals surface area contributed by atoms with Gasteiger partial charge in [-0.2, -0.15) is 0 Å². The molecule has 2 N–H and O–H groups in total. The molecule has 0 radical (unpaired) electrons. The first-order valence-electron chi connectivity index (χ1n) is 10.1. The highest BCUT2D eigenvalue weighted by Gasteiger charge is 2.16. The molecular formula is C24H23N3O5. The number of aryl methyl sites for hydroxylation is 1. The van der Waals surface area contributed by atoms with Crippen molar-refractivity contribution >= 4 is 23.6 Å². The van der Waals surface area contributed by atoms with Crippen LogP contribution in [-0.4, -0.2) is 23.3 Å². The number of furan rings is 1. The Kier molecular flexibility index (Phi) is 7.17. The number of hydrogen-bond acceptors (Lipinski definition) is 5. The zero-order valence-corrected chi connectivity index (χ0v) is 17.8. The van der Waals surface area contributed by atoms with E-state index in [1.807, 2.05) is 26.0 Å². The maximum Gasteiger partial charge on any atom is 0.270 e. The SMILES string of the molecule is CCCNC(=O)/C(=C\c1ccc(-c2cccc([N+](=O)[O-])c2)o1)NC(=O)c1ccc(C)cc1. The van der Waals surface area contributed by atoms with E-state index in [0.29, 0.717) is 29.2 Å². The minimum atomic E-state index is -0.482. The first kappa shape index (κ1) is 22.5. The average Bonchev–Trinajstić information content (AvgIpc) is 3.26. The molecule has 0 spiro atoms. The van der Waals surface area contributed by atoms with E-state index < -0.39 is 16.7 Å². The second kappa shape index (κ2) is 10.2. The van der Waals surface area contributed by atoms with Crippen LogP contribution in [0.1, 0.15) is 35.0 Å². The lowest BCUT2D eigenvalue weighted by Gasteiger charge is -2.10. The van der Waals surface area contributed by atoms with Crippen LogP contribution in [0, 0.1) is 17.0 Å². The van der Waals surface area contributed by atoms with Crippen LogP contribution in [-0.2, 0) is 4.79 Å². The van der Waals surface area contributed by atoms with E-state index in [0.717, 1.165) is 12.0 Å². The van der Waals surface area contributed by atoms with Gasteiger partial charge in [0.25, 0.3) is 17.5 Å². The largest absolute Gasteiger partial charge is 0.457 e. The van der Waals surface area contributed by atoms with Crippen molar-refractivity contribution in [3.63, 3.8) is 0 Å². The van der Waals surface area contributed by atoms with Crippen LogP contribution in [0.4, 0.5) is 5.69 Å². The molecule has 32 heavy (non-hydrogen) atoms. The van der Waals surface area contributed by atoms with Gasteiger partial charge in [-0.15, -0.1) is 0 Å². The van der Waals surface area contributed by atoms with Gasteiger partial charge in [-0.3, -0.25) is 19.7 Å². The summed E-state index contributed by atoms with van der Waals surface area (Å²) in [6.45, 7) is 4.29. The molecule has 164 valence electrons. The number of carbonyl (C=O) groups excluding carboxylic acids is 2. The lowest BCUT2D eigenvalue weighted by molar-refractivity contribution is -0.384. The third-order valence-electron chi connectivity index (χ3n) is 4.60. The molecule has 1 heterocycles. The normalized spacial score (nSPS) is 11.1. The molecule has 1 aromatic heterocycles. The minimum absolute atomic E-state index is 0.0315. The predicted octanol–water partition coefficient (Wildman–Crippen LogP) is 4.46. The molecule has 0 saturated carbocycles. The lowest BCUT2D eigenvalue weighted by atomic mass is 10.1. The Labute approximate surface area is 185 Å². The van der Waals surface area contributed by atoms with Gasteiger partial charge in [0, 0.05) is 35.9 Å². The van der Waals surface area contributed by atoms with E-state index in [4.69, 9.17) is 4.42 Å². The van der Waals surface area contributed by atoms with Crippen molar-refractivity contribution < 1.29 is 18.9 Å². The molecular weight excluding hydrogens is 410 g/mol. The van der Waals surface area contributed by atoms with Gasteiger partial charge in [0.05, 0.1) is 4.92 Å². The first-order chi connectivity index (χ1) is 15.4. The summed E-state index contributed by atoms with van der Waals surface area (Å²) < 4.78 is 5.76. The van der Waals surface area contributed by atoms with Crippen LogP contribution < -0.4 is 10.6 Å². The minimum Gasteiger partial charge on any atom is -0.457 e. The predicted molar refractivity (Wildman–Crippen MR) is 121 cm³/mol. The number of non-ortho nitro benzene ring substituents is 1. The van der Waals surface area contributed by atoms with Gasteiger partial charge in [-0.05, 0) is 37.6 Å². The molecule has 0 aliphatic rings. The fourth-order valence-corrected chi connectivity index (χ4v) is 2.89. The molecule has 8 nitrogen and oxygen atoms in total. The molecule has 2 aromatic carbocycles. The second-order valence-electron chi connectivity index (χ2n) is 7.14. The molecule has 0 fully saturated rings. The quantitative estimate of drug-likeness (QED) is 0.309. The van der Waals surface area contributed by atoms with E-state index in [9.17, 15) is 19.7 Å². The molecule has 0 aliphatic heterocycles. The van der Waals surface area contributed by atoms with Crippen molar-refractivity contribution in [2.45, 2.75) is 20.3 Å². The first-order valence-corrected chi connectivity index (χ1v) is 10.1. The van der Waals surface area contributed by atoms with Crippen LogP contribution in [0.15, 0.2) is 70.8 Å². The van der Waals surface area contributed by atoms with Gasteiger partial charge in [0.15, 0.2) is 0 Å². The zero-order chi connectivity index (χ0) is 23.1. The van der Waals surface area contributed by atoms with Gasteiger partial charge >= 0.3 is 0 Å². The second-order valence-corrected chi connectivity index (χ2v) is 7.14. The maximum absolute atomic E-state index is 12.6. The number of carbonyl (C=O) groups is 2. The van der Waals surface area contributed by atoms with Crippen molar-refractivity contribution in [1.82, 2.24) is 10.6 Å². The molecule has 0 atom stereocenters. The highest BCUT2D eigenvalue weighted by molar-refractivity contribution is 6.05. The molecule has 0 aliphatic carbocycles. The zero-order valence-electron chi connectivity index (χ0n) is 17.8. The van der Waals surface area contributed by atoms with Crippen LogP contribution >= 0.6 is 0 Å². The Morgan fingerprint density at radius 1 is 1.09 bits per heavy atom. The summed E-state index contributed by atoms with van der Waals surface area (Å²) in [5, 5.41) is 16.4. The number of amides is 2. The van der Waals surface area contributed by atoms with Crippen LogP contribution in [0.2, 0.25) is 0 Å². The summed E-state index contributed by atoms with van der Waals surface area (Å²) in [6.07, 6.45) is 2.17. The Bertz CT molecular complexity index is 1160. The van der Waals surface area contributed by atoms with Crippen LogP contribution in [0.5, 0.6) is 0 Å². The van der Waals surface area contributed by atoms with Gasteiger partial charge in [-0.1, -0.05) is 36.8 Å². The van der Waals surface area contributed by atoms with Gasteiger partial charge in [0.2, 0.25) is 0 Å². The summed E-state index contributed by atoms with van der Waals surface area (Å²) in [5.41, 5.74) is 1.94. The Morgan fingerprint density at radius 2 is 1.84 bits per heavy atom. The van der Waals surface area contributed by atoms with E-state index in [-0.39, 0.29) is 11.4 Å². The lowest BCUT2D eigenvalue weighted by Crippen LogP contribution is -2.35. The van der Waals surface area contributed by atoms with Crippen LogP contribution in [0.3, 0.4) is 0 Å². The van der Waals surface area contributed by atoms with E-state index in [1.165, 1.54) is 18.2 Å². The molecule has 0 bridgehead atoms. The van der Waals surface area contributed by atoms with Crippen molar-refractivity contribution in [2.24, 2.45) is 0 Å². The van der Waals surface area contributed by atoms with Crippen LogP contribution in [0.25, 0.3) is 17.4 Å². The van der Waals surface area contributed by atoms with E-state index in [1.54, 1.807) is 36.4 Å². The standard InChI is InChI=1S/C24H23N3O5/c1-3-13-25-24(29)21(26-23(28)17-9-7-16(2)8-10-17)15-20-11-12-22(32-20)18-5-4-6-19(14-18)27(30)31/h4-12,14-15H,3,13H2,1-2H3,(H,25,29)(H,26,28)/b21-15+. The number of nitrogens with zero attached hydrogens (tertiary/aromatic N) is 1. The maximum atomic E-state index is 12.6. The molecule has 3 rings (SSSR count). The van der Waals surface area contributed by atoms with Gasteiger partial charge < -0.3 is 15.1 Å². The smallest absolute Gasteiger partial charge is 0.270 e. The summed E-state index contributed by atoms with van der Waals surface area (Å²) in [5.74, 6) is -0.149. The summed E-state index contributed by atoms with van der Waals surface area (Å²) in [4.78, 5) is 35.8. The molecule has 3 aromatic rings. The molecule has 8 heteroatoms. The highest BCUT2D eigenvalue weighted by atomic mass is 16.6. The number of hydrogen-bond donors (Lipinski definition) is 2. The highest BCUT2D eigenvalue weighted by Crippen LogP contribution is 2.26. The van der Waals surface area contributed by atoms with E-state index in [2.05, 4.69) is 10.6 Å². The molecule has 0 unspecified atom stereocenters. The van der Waals surface area contributed by atoms with Crippen molar-refractivity contribution in [3.8, 4) is 11.3 Å². The molecule has 0 saturated heterocycles. The fourth-order valence-electron chi connectivity index (χ4n) is 2.89.